The van der Waals surface area contributed by atoms with Crippen LogP contribution in [-0.4, -0.2) is 21.1 Å². The van der Waals surface area contributed by atoms with Gasteiger partial charge in [-0.3, -0.25) is 20.2 Å². The second-order valence-corrected chi connectivity index (χ2v) is 5.05. The van der Waals surface area contributed by atoms with Crippen molar-refractivity contribution in [2.45, 2.75) is 30.0 Å². The Hall–Kier alpha value is -1.63. The molecule has 0 fully saturated rings. The maximum atomic E-state index is 10.6. The Bertz CT molecular complexity index is 421. The molecule has 0 aliphatic carbocycles. The van der Waals surface area contributed by atoms with E-state index >= 15 is 0 Å². The predicted octanol–water partition coefficient (Wildman–Crippen LogP) is 2.74. The fourth-order valence-corrected chi connectivity index (χ4v) is 2.15. The van der Waals surface area contributed by atoms with Gasteiger partial charge in [-0.1, -0.05) is 0 Å². The van der Waals surface area contributed by atoms with Crippen LogP contribution in [0.15, 0.2) is 29.2 Å². The van der Waals surface area contributed by atoms with Gasteiger partial charge in [0.15, 0.2) is 0 Å². The molecule has 0 saturated heterocycles. The SMILES string of the molecule is C[C@@H](Sc1ccc([N+](=O)[O-])cc1)[C@H](C)[N+](=O)[O-]. The van der Waals surface area contributed by atoms with Crippen LogP contribution in [0.2, 0.25) is 0 Å². The van der Waals surface area contributed by atoms with E-state index in [1.807, 2.05) is 0 Å². The van der Waals surface area contributed by atoms with E-state index in [-0.39, 0.29) is 15.9 Å². The van der Waals surface area contributed by atoms with Gasteiger partial charge < -0.3 is 0 Å². The predicted molar refractivity (Wildman–Crippen MR) is 64.9 cm³/mol. The third-order valence-corrected chi connectivity index (χ3v) is 3.69. The molecule has 0 radical (unpaired) electrons. The average molecular weight is 256 g/mol. The van der Waals surface area contributed by atoms with E-state index in [4.69, 9.17) is 0 Å². The number of rotatable bonds is 5. The van der Waals surface area contributed by atoms with Gasteiger partial charge in [0.05, 0.1) is 10.2 Å². The van der Waals surface area contributed by atoms with Crippen LogP contribution >= 0.6 is 11.8 Å². The Balaban J connectivity index is 2.69. The summed E-state index contributed by atoms with van der Waals surface area (Å²) in [5.74, 6) is 0. The molecule has 0 saturated carbocycles. The zero-order valence-corrected chi connectivity index (χ0v) is 10.2. The molecule has 0 bridgehead atoms. The Labute approximate surface area is 102 Å². The van der Waals surface area contributed by atoms with Gasteiger partial charge in [-0.2, -0.15) is 0 Å². The Morgan fingerprint density at radius 1 is 1.12 bits per heavy atom. The van der Waals surface area contributed by atoms with Crippen LogP contribution < -0.4 is 0 Å². The van der Waals surface area contributed by atoms with Crippen molar-refractivity contribution < 1.29 is 9.85 Å². The van der Waals surface area contributed by atoms with E-state index in [0.29, 0.717) is 0 Å². The number of non-ortho nitro benzene ring substituents is 1. The van der Waals surface area contributed by atoms with Gasteiger partial charge in [-0.05, 0) is 19.1 Å². The summed E-state index contributed by atoms with van der Waals surface area (Å²) in [7, 11) is 0. The van der Waals surface area contributed by atoms with E-state index in [2.05, 4.69) is 0 Å². The second-order valence-electron chi connectivity index (χ2n) is 3.60. The van der Waals surface area contributed by atoms with Crippen molar-refractivity contribution in [2.75, 3.05) is 0 Å². The highest BCUT2D eigenvalue weighted by molar-refractivity contribution is 8.00. The number of nitro benzene ring substituents is 1. The summed E-state index contributed by atoms with van der Waals surface area (Å²) in [6.45, 7) is 3.31. The first-order valence-corrected chi connectivity index (χ1v) is 5.84. The molecule has 0 N–H and O–H groups in total. The van der Waals surface area contributed by atoms with Crippen molar-refractivity contribution in [3.63, 3.8) is 0 Å². The minimum Gasteiger partial charge on any atom is -0.264 e. The fraction of sp³-hybridized carbons (Fsp3) is 0.400. The number of nitro groups is 2. The van der Waals surface area contributed by atoms with Gasteiger partial charge >= 0.3 is 0 Å². The minimum atomic E-state index is -0.657. The molecule has 1 rings (SSSR count). The first kappa shape index (κ1) is 13.4. The van der Waals surface area contributed by atoms with E-state index < -0.39 is 11.0 Å². The summed E-state index contributed by atoms with van der Waals surface area (Å²) >= 11 is 1.34. The standard InChI is InChI=1S/C10H12N2O4S/c1-7(11(13)14)8(2)17-10-5-3-9(4-6-10)12(15)16/h3-8H,1-2H3/t7-,8+/m0/s1. The van der Waals surface area contributed by atoms with Crippen molar-refractivity contribution in [1.29, 1.82) is 0 Å². The molecule has 92 valence electrons. The van der Waals surface area contributed by atoms with Crippen molar-refractivity contribution in [1.82, 2.24) is 0 Å². The lowest BCUT2D eigenvalue weighted by atomic mass is 10.3. The average Bonchev–Trinajstić information content (AvgIpc) is 2.28. The number of hydrogen-bond donors (Lipinski definition) is 0. The van der Waals surface area contributed by atoms with Crippen LogP contribution in [0.4, 0.5) is 5.69 Å². The molecule has 0 spiro atoms. The quantitative estimate of drug-likeness (QED) is 0.459. The molecule has 2 atom stereocenters. The van der Waals surface area contributed by atoms with Crippen LogP contribution in [0.5, 0.6) is 0 Å². The highest BCUT2D eigenvalue weighted by atomic mass is 32.2. The molecular weight excluding hydrogens is 244 g/mol. The van der Waals surface area contributed by atoms with E-state index in [0.717, 1.165) is 4.90 Å². The van der Waals surface area contributed by atoms with Gasteiger partial charge in [0.2, 0.25) is 6.04 Å². The lowest BCUT2D eigenvalue weighted by Gasteiger charge is -2.12. The van der Waals surface area contributed by atoms with E-state index in [9.17, 15) is 20.2 Å². The largest absolute Gasteiger partial charge is 0.269 e. The van der Waals surface area contributed by atoms with Crippen LogP contribution in [-0.2, 0) is 0 Å². The topological polar surface area (TPSA) is 86.3 Å². The second kappa shape index (κ2) is 5.62. The Morgan fingerprint density at radius 3 is 2.06 bits per heavy atom. The molecule has 0 unspecified atom stereocenters. The van der Waals surface area contributed by atoms with Crippen molar-refractivity contribution in [2.24, 2.45) is 0 Å². The number of benzene rings is 1. The van der Waals surface area contributed by atoms with Gasteiger partial charge in [-0.25, -0.2) is 0 Å². The molecule has 17 heavy (non-hydrogen) atoms. The summed E-state index contributed by atoms with van der Waals surface area (Å²) in [4.78, 5) is 21.0. The normalized spacial score (nSPS) is 14.0. The summed E-state index contributed by atoms with van der Waals surface area (Å²) in [6, 6.07) is 5.34. The number of hydrogen-bond acceptors (Lipinski definition) is 5. The molecule has 7 heteroatoms. The zero-order chi connectivity index (χ0) is 13.0. The zero-order valence-electron chi connectivity index (χ0n) is 9.40. The van der Waals surface area contributed by atoms with Gasteiger partial charge in [-0.15, -0.1) is 11.8 Å². The minimum absolute atomic E-state index is 0.0179. The van der Waals surface area contributed by atoms with Crippen molar-refractivity contribution >= 4 is 17.4 Å². The van der Waals surface area contributed by atoms with Crippen LogP contribution in [0.25, 0.3) is 0 Å². The highest BCUT2D eigenvalue weighted by Gasteiger charge is 2.23. The molecular formula is C10H12N2O4S. The third kappa shape index (κ3) is 3.70. The Kier molecular flexibility index (Phi) is 4.45. The van der Waals surface area contributed by atoms with E-state index in [1.54, 1.807) is 26.0 Å². The fourth-order valence-electron chi connectivity index (χ4n) is 1.13. The van der Waals surface area contributed by atoms with Crippen LogP contribution in [0, 0.1) is 20.2 Å². The summed E-state index contributed by atoms with van der Waals surface area (Å²) < 4.78 is 0. The summed E-state index contributed by atoms with van der Waals surface area (Å²) in [5, 5.41) is 20.8. The first-order chi connectivity index (χ1) is 7.91. The van der Waals surface area contributed by atoms with Crippen molar-refractivity contribution in [3.8, 4) is 0 Å². The molecule has 0 aromatic heterocycles. The summed E-state index contributed by atoms with van der Waals surface area (Å²) in [6.07, 6.45) is 0. The van der Waals surface area contributed by atoms with Crippen LogP contribution in [0.1, 0.15) is 13.8 Å². The summed E-state index contributed by atoms with van der Waals surface area (Å²) in [5.41, 5.74) is 0.0179. The molecule has 0 aliphatic rings. The third-order valence-electron chi connectivity index (χ3n) is 2.38. The van der Waals surface area contributed by atoms with E-state index in [1.165, 1.54) is 23.9 Å². The molecule has 1 aromatic rings. The molecule has 6 nitrogen and oxygen atoms in total. The maximum Gasteiger partial charge on any atom is 0.269 e. The smallest absolute Gasteiger partial charge is 0.264 e. The van der Waals surface area contributed by atoms with Gasteiger partial charge in [0.1, 0.15) is 0 Å². The first-order valence-electron chi connectivity index (χ1n) is 4.96. The monoisotopic (exact) mass is 256 g/mol. The molecule has 0 aliphatic heterocycles. The maximum absolute atomic E-state index is 10.6. The highest BCUT2D eigenvalue weighted by Crippen LogP contribution is 2.27. The lowest BCUT2D eigenvalue weighted by molar-refractivity contribution is -0.516. The Morgan fingerprint density at radius 2 is 1.65 bits per heavy atom. The van der Waals surface area contributed by atoms with Crippen molar-refractivity contribution in [3.05, 3.63) is 44.5 Å². The number of thioether (sulfide) groups is 1. The van der Waals surface area contributed by atoms with Gasteiger partial charge in [0, 0.05) is 28.9 Å². The molecule has 0 heterocycles. The number of nitrogens with zero attached hydrogens (tertiary/aromatic N) is 2. The molecule has 0 amide bonds. The molecule has 1 aromatic carbocycles. The lowest BCUT2D eigenvalue weighted by Crippen LogP contribution is -2.25. The van der Waals surface area contributed by atoms with Crippen LogP contribution in [0.3, 0.4) is 0 Å². The van der Waals surface area contributed by atoms with Gasteiger partial charge in [0.25, 0.3) is 5.69 Å².